The molecule has 0 aromatic heterocycles. The van der Waals surface area contributed by atoms with Crippen molar-refractivity contribution in [2.24, 2.45) is 0 Å². The van der Waals surface area contributed by atoms with Gasteiger partial charge in [0.1, 0.15) is 5.75 Å². The van der Waals surface area contributed by atoms with Gasteiger partial charge >= 0.3 is 0 Å². The van der Waals surface area contributed by atoms with E-state index in [0.717, 1.165) is 24.4 Å². The van der Waals surface area contributed by atoms with Crippen LogP contribution in [0.1, 0.15) is 50.7 Å². The van der Waals surface area contributed by atoms with Gasteiger partial charge in [-0.1, -0.05) is 54.6 Å². The number of likely N-dealkylation sites (tertiary alicyclic amines) is 1. The van der Waals surface area contributed by atoms with E-state index in [4.69, 9.17) is 4.74 Å². The maximum Gasteiger partial charge on any atom is 0.251 e. The summed E-state index contributed by atoms with van der Waals surface area (Å²) in [6.45, 7) is 2.55. The van der Waals surface area contributed by atoms with E-state index in [2.05, 4.69) is 16.3 Å². The number of ketones is 1. The highest BCUT2D eigenvalue weighted by Crippen LogP contribution is 2.27. The Morgan fingerprint density at radius 2 is 1.53 bits per heavy atom. The number of benzene rings is 3. The van der Waals surface area contributed by atoms with Gasteiger partial charge in [0.25, 0.3) is 5.91 Å². The van der Waals surface area contributed by atoms with E-state index < -0.39 is 0 Å². The lowest BCUT2D eigenvalue weighted by Gasteiger charge is -2.28. The average Bonchev–Trinajstić information content (AvgIpc) is 3.39. The van der Waals surface area contributed by atoms with E-state index in [0.29, 0.717) is 23.2 Å². The highest BCUT2D eigenvalue weighted by atomic mass is 16.5. The molecule has 1 atom stereocenters. The minimum absolute atomic E-state index is 0.0512. The minimum atomic E-state index is -0.143. The Kier molecular flexibility index (Phi) is 6.97. The second kappa shape index (κ2) is 10.2. The largest absolute Gasteiger partial charge is 0.497 e. The van der Waals surface area contributed by atoms with Gasteiger partial charge in [-0.3, -0.25) is 14.5 Å². The van der Waals surface area contributed by atoms with Crippen LogP contribution >= 0.6 is 0 Å². The first-order chi connectivity index (χ1) is 15.7. The van der Waals surface area contributed by atoms with E-state index in [1.165, 1.54) is 12.8 Å². The Balaban J connectivity index is 1.44. The summed E-state index contributed by atoms with van der Waals surface area (Å²) in [7, 11) is 1.66. The van der Waals surface area contributed by atoms with E-state index in [9.17, 15) is 9.59 Å². The fourth-order valence-corrected chi connectivity index (χ4v) is 4.18. The van der Waals surface area contributed by atoms with Crippen molar-refractivity contribution >= 4 is 11.7 Å². The van der Waals surface area contributed by atoms with Crippen molar-refractivity contribution in [3.05, 3.63) is 101 Å². The van der Waals surface area contributed by atoms with Gasteiger partial charge in [0.15, 0.2) is 5.78 Å². The third kappa shape index (κ3) is 5.06. The Hall–Kier alpha value is -3.44. The van der Waals surface area contributed by atoms with Crippen LogP contribution in [0.15, 0.2) is 78.9 Å². The summed E-state index contributed by atoms with van der Waals surface area (Å²) in [6.07, 6.45) is 2.34. The Morgan fingerprint density at radius 3 is 2.22 bits per heavy atom. The average molecular weight is 429 g/mol. The van der Waals surface area contributed by atoms with Gasteiger partial charge in [-0.15, -0.1) is 0 Å². The van der Waals surface area contributed by atoms with Crippen LogP contribution in [0.5, 0.6) is 5.75 Å². The summed E-state index contributed by atoms with van der Waals surface area (Å²) in [5.74, 6) is 0.622. The number of carbonyl (C=O) groups is 2. The standard InChI is InChI=1S/C27H28N2O3/c1-32-24-11-7-10-23(18-24)25(29-16-5-6-17-29)19-28-27(31)22-14-12-21(13-15-22)26(30)20-8-3-2-4-9-20/h2-4,7-15,18,25H,5-6,16-17,19H2,1H3,(H,28,31). The molecule has 1 N–H and O–H groups in total. The predicted octanol–water partition coefficient (Wildman–Crippen LogP) is 4.49. The third-order valence-corrected chi connectivity index (χ3v) is 5.96. The zero-order valence-electron chi connectivity index (χ0n) is 18.3. The molecule has 1 amide bonds. The molecule has 4 rings (SSSR count). The lowest BCUT2D eigenvalue weighted by atomic mass is 10.0. The first-order valence-corrected chi connectivity index (χ1v) is 11.0. The molecule has 5 heteroatoms. The maximum atomic E-state index is 12.8. The molecule has 1 saturated heterocycles. The summed E-state index contributed by atoms with van der Waals surface area (Å²) in [4.78, 5) is 27.8. The Labute approximate surface area is 189 Å². The van der Waals surface area contributed by atoms with Gasteiger partial charge in [0.2, 0.25) is 0 Å². The van der Waals surface area contributed by atoms with Gasteiger partial charge in [0.05, 0.1) is 13.2 Å². The first kappa shape index (κ1) is 21.8. The zero-order valence-corrected chi connectivity index (χ0v) is 18.3. The summed E-state index contributed by atoms with van der Waals surface area (Å²) in [5, 5.41) is 3.09. The molecule has 32 heavy (non-hydrogen) atoms. The molecule has 0 saturated carbocycles. The van der Waals surface area contributed by atoms with Gasteiger partial charge in [-0.25, -0.2) is 0 Å². The number of nitrogens with one attached hydrogen (secondary N) is 1. The fourth-order valence-electron chi connectivity index (χ4n) is 4.18. The first-order valence-electron chi connectivity index (χ1n) is 11.0. The normalized spacial score (nSPS) is 14.7. The molecule has 3 aromatic rings. The number of methoxy groups -OCH3 is 1. The SMILES string of the molecule is COc1cccc(C(CNC(=O)c2ccc(C(=O)c3ccccc3)cc2)N2CCCC2)c1. The van der Waals surface area contributed by atoms with Crippen LogP contribution in [0.4, 0.5) is 0 Å². The smallest absolute Gasteiger partial charge is 0.251 e. The van der Waals surface area contributed by atoms with Crippen molar-refractivity contribution < 1.29 is 14.3 Å². The van der Waals surface area contributed by atoms with Crippen molar-refractivity contribution in [1.82, 2.24) is 10.2 Å². The van der Waals surface area contributed by atoms with E-state index in [-0.39, 0.29) is 17.7 Å². The van der Waals surface area contributed by atoms with Crippen LogP contribution in [0, 0.1) is 0 Å². The quantitative estimate of drug-likeness (QED) is 0.537. The number of rotatable bonds is 8. The molecule has 0 bridgehead atoms. The summed E-state index contributed by atoms with van der Waals surface area (Å²) in [5.41, 5.74) is 2.88. The lowest BCUT2D eigenvalue weighted by molar-refractivity contribution is 0.0936. The van der Waals surface area contributed by atoms with Crippen molar-refractivity contribution in [1.29, 1.82) is 0 Å². The molecule has 164 valence electrons. The number of carbonyl (C=O) groups excluding carboxylic acids is 2. The van der Waals surface area contributed by atoms with Crippen LogP contribution in [-0.2, 0) is 0 Å². The second-order valence-electron chi connectivity index (χ2n) is 8.02. The van der Waals surface area contributed by atoms with Crippen molar-refractivity contribution in [3.8, 4) is 5.75 Å². The van der Waals surface area contributed by atoms with Crippen LogP contribution in [0.25, 0.3) is 0 Å². The molecule has 3 aromatic carbocycles. The van der Waals surface area contributed by atoms with Crippen molar-refractivity contribution in [2.75, 3.05) is 26.7 Å². The van der Waals surface area contributed by atoms with Crippen molar-refractivity contribution in [2.45, 2.75) is 18.9 Å². The molecular weight excluding hydrogens is 400 g/mol. The molecule has 5 nitrogen and oxygen atoms in total. The molecule has 1 heterocycles. The van der Waals surface area contributed by atoms with Crippen LogP contribution in [0.2, 0.25) is 0 Å². The second-order valence-corrected chi connectivity index (χ2v) is 8.02. The van der Waals surface area contributed by atoms with E-state index in [1.807, 2.05) is 36.4 Å². The number of hydrogen-bond acceptors (Lipinski definition) is 4. The van der Waals surface area contributed by atoms with Gasteiger partial charge in [-0.05, 0) is 55.8 Å². The monoisotopic (exact) mass is 428 g/mol. The molecular formula is C27H28N2O3. The van der Waals surface area contributed by atoms with Crippen LogP contribution in [0.3, 0.4) is 0 Å². The molecule has 0 aliphatic carbocycles. The highest BCUT2D eigenvalue weighted by Gasteiger charge is 2.24. The molecule has 1 unspecified atom stereocenters. The fraction of sp³-hybridized carbons (Fsp3) is 0.259. The van der Waals surface area contributed by atoms with Crippen LogP contribution < -0.4 is 10.1 Å². The number of hydrogen-bond donors (Lipinski definition) is 1. The molecule has 1 aliphatic rings. The summed E-state index contributed by atoms with van der Waals surface area (Å²) in [6, 6.07) is 24.1. The van der Waals surface area contributed by atoms with Crippen LogP contribution in [-0.4, -0.2) is 43.3 Å². The van der Waals surface area contributed by atoms with Crippen molar-refractivity contribution in [3.63, 3.8) is 0 Å². The summed E-state index contributed by atoms with van der Waals surface area (Å²) < 4.78 is 5.39. The predicted molar refractivity (Wildman–Crippen MR) is 125 cm³/mol. The lowest BCUT2D eigenvalue weighted by Crippen LogP contribution is -2.36. The van der Waals surface area contributed by atoms with E-state index >= 15 is 0 Å². The highest BCUT2D eigenvalue weighted by molar-refractivity contribution is 6.09. The van der Waals surface area contributed by atoms with Gasteiger partial charge in [0, 0.05) is 23.2 Å². The summed E-state index contributed by atoms with van der Waals surface area (Å²) >= 11 is 0. The topological polar surface area (TPSA) is 58.6 Å². The van der Waals surface area contributed by atoms with Gasteiger partial charge in [-0.2, -0.15) is 0 Å². The molecule has 0 spiro atoms. The molecule has 0 radical (unpaired) electrons. The molecule has 1 fully saturated rings. The molecule has 1 aliphatic heterocycles. The maximum absolute atomic E-state index is 12.8. The third-order valence-electron chi connectivity index (χ3n) is 5.96. The number of ether oxygens (including phenoxy) is 1. The minimum Gasteiger partial charge on any atom is -0.497 e. The van der Waals surface area contributed by atoms with E-state index in [1.54, 1.807) is 43.5 Å². The Morgan fingerprint density at radius 1 is 0.875 bits per heavy atom. The zero-order chi connectivity index (χ0) is 22.3. The number of amides is 1. The van der Waals surface area contributed by atoms with Gasteiger partial charge < -0.3 is 10.1 Å². The number of nitrogens with zero attached hydrogens (tertiary/aromatic N) is 1. The Bertz CT molecular complexity index is 1060.